The number of hydrogen-bond acceptors (Lipinski definition) is 5. The zero-order chi connectivity index (χ0) is 18.5. The van der Waals surface area contributed by atoms with Crippen molar-refractivity contribution in [1.29, 1.82) is 0 Å². The monoisotopic (exact) mass is 357 g/mol. The van der Waals surface area contributed by atoms with Gasteiger partial charge >= 0.3 is 0 Å². The minimum Gasteiger partial charge on any atom is -0.361 e. The molecule has 26 heavy (non-hydrogen) atoms. The van der Waals surface area contributed by atoms with Gasteiger partial charge < -0.3 is 9.42 Å². The Morgan fingerprint density at radius 2 is 2.00 bits per heavy atom. The Morgan fingerprint density at radius 3 is 2.58 bits per heavy atom. The van der Waals surface area contributed by atoms with Gasteiger partial charge in [0, 0.05) is 57.8 Å². The van der Waals surface area contributed by atoms with Crippen LogP contribution in [0.1, 0.15) is 47.8 Å². The predicted octanol–water partition coefficient (Wildman–Crippen LogP) is 2.01. The summed E-state index contributed by atoms with van der Waals surface area (Å²) < 4.78 is 7.13. The first-order chi connectivity index (χ1) is 12.4. The number of nitrogens with zero attached hydrogens (tertiary/aromatic N) is 5. The predicted molar refractivity (Wildman–Crippen MR) is 96.6 cm³/mol. The minimum atomic E-state index is -0.0879. The van der Waals surface area contributed by atoms with Crippen LogP contribution in [0.5, 0.6) is 0 Å². The molecule has 0 aromatic carbocycles. The summed E-state index contributed by atoms with van der Waals surface area (Å²) in [5.41, 5.74) is 3.27. The van der Waals surface area contributed by atoms with E-state index in [9.17, 15) is 4.79 Å². The molecule has 4 rings (SSSR count). The molecule has 2 saturated heterocycles. The molecule has 0 bridgehead atoms. The second-order valence-electron chi connectivity index (χ2n) is 7.84. The Bertz CT molecular complexity index is 796. The number of aryl methyl sites for hydroxylation is 3. The van der Waals surface area contributed by atoms with Crippen LogP contribution in [0, 0.1) is 13.8 Å². The highest BCUT2D eigenvalue weighted by atomic mass is 16.5. The molecule has 2 fully saturated rings. The van der Waals surface area contributed by atoms with Crippen LogP contribution in [-0.2, 0) is 18.4 Å². The standard InChI is InChI=1S/C19H27N5O2/c1-13-16(14(2)26-21-13)12-24-7-5-19(6-8-24)17(9-18(25)23(19)4)15-10-20-22(3)11-15/h10-11,17H,5-9,12H2,1-4H3/t17-/m0/s1. The van der Waals surface area contributed by atoms with Gasteiger partial charge in [0.05, 0.1) is 17.4 Å². The summed E-state index contributed by atoms with van der Waals surface area (Å²) in [4.78, 5) is 17.0. The molecule has 0 unspecified atom stereocenters. The first kappa shape index (κ1) is 17.3. The molecular formula is C19H27N5O2. The summed E-state index contributed by atoms with van der Waals surface area (Å²) in [6.07, 6.45) is 6.55. The van der Waals surface area contributed by atoms with Gasteiger partial charge in [-0.25, -0.2) is 0 Å². The average molecular weight is 357 g/mol. The summed E-state index contributed by atoms with van der Waals surface area (Å²) >= 11 is 0. The molecule has 1 atom stereocenters. The van der Waals surface area contributed by atoms with Crippen LogP contribution in [0.2, 0.25) is 0 Å². The highest BCUT2D eigenvalue weighted by Crippen LogP contribution is 2.48. The van der Waals surface area contributed by atoms with Gasteiger partial charge in [-0.05, 0) is 32.3 Å². The molecule has 140 valence electrons. The molecule has 4 heterocycles. The lowest BCUT2D eigenvalue weighted by atomic mass is 9.74. The molecule has 0 aliphatic carbocycles. The number of hydrogen-bond donors (Lipinski definition) is 0. The van der Waals surface area contributed by atoms with Gasteiger partial charge in [0.2, 0.25) is 5.91 Å². The van der Waals surface area contributed by atoms with Crippen molar-refractivity contribution in [2.45, 2.75) is 51.1 Å². The fourth-order valence-corrected chi connectivity index (χ4v) is 4.77. The maximum atomic E-state index is 12.5. The molecule has 0 N–H and O–H groups in total. The molecule has 7 heteroatoms. The lowest BCUT2D eigenvalue weighted by Crippen LogP contribution is -2.53. The van der Waals surface area contributed by atoms with E-state index in [2.05, 4.69) is 21.4 Å². The lowest BCUT2D eigenvalue weighted by molar-refractivity contribution is -0.130. The SMILES string of the molecule is Cc1noc(C)c1CN1CCC2(CC1)[C@H](c1cnn(C)c1)CC(=O)N2C. The third kappa shape index (κ3) is 2.65. The number of piperidine rings is 1. The number of carbonyl (C=O) groups is 1. The van der Waals surface area contributed by atoms with E-state index in [1.165, 1.54) is 11.1 Å². The molecule has 2 aliphatic heterocycles. The van der Waals surface area contributed by atoms with Crippen molar-refractivity contribution in [3.63, 3.8) is 0 Å². The Hall–Kier alpha value is -2.15. The lowest BCUT2D eigenvalue weighted by Gasteiger charge is -2.46. The van der Waals surface area contributed by atoms with Crippen LogP contribution in [0.3, 0.4) is 0 Å². The Labute approximate surface area is 153 Å². The van der Waals surface area contributed by atoms with Gasteiger partial charge in [0.25, 0.3) is 0 Å². The first-order valence-corrected chi connectivity index (χ1v) is 9.30. The molecule has 0 saturated carbocycles. The summed E-state index contributed by atoms with van der Waals surface area (Å²) in [7, 11) is 3.91. The molecule has 1 spiro atoms. The van der Waals surface area contributed by atoms with E-state index in [0.717, 1.165) is 43.9 Å². The Kier molecular flexibility index (Phi) is 4.14. The van der Waals surface area contributed by atoms with Gasteiger partial charge in [-0.15, -0.1) is 0 Å². The zero-order valence-corrected chi connectivity index (χ0v) is 16.0. The van der Waals surface area contributed by atoms with Crippen LogP contribution in [0.4, 0.5) is 0 Å². The van der Waals surface area contributed by atoms with Crippen LogP contribution < -0.4 is 0 Å². The summed E-state index contributed by atoms with van der Waals surface area (Å²) in [5, 5.41) is 8.40. The fraction of sp³-hybridized carbons (Fsp3) is 0.632. The number of carbonyl (C=O) groups excluding carboxylic acids is 1. The van der Waals surface area contributed by atoms with Crippen molar-refractivity contribution in [2.24, 2.45) is 7.05 Å². The van der Waals surface area contributed by atoms with Crippen LogP contribution in [0.25, 0.3) is 0 Å². The van der Waals surface area contributed by atoms with E-state index in [4.69, 9.17) is 4.52 Å². The second kappa shape index (κ2) is 6.23. The third-order valence-electron chi connectivity index (χ3n) is 6.48. The van der Waals surface area contributed by atoms with Crippen LogP contribution in [-0.4, -0.2) is 56.3 Å². The fourth-order valence-electron chi connectivity index (χ4n) is 4.77. The van der Waals surface area contributed by atoms with Gasteiger partial charge in [-0.3, -0.25) is 14.4 Å². The van der Waals surface area contributed by atoms with Gasteiger partial charge in [-0.2, -0.15) is 5.10 Å². The third-order valence-corrected chi connectivity index (χ3v) is 6.48. The van der Waals surface area contributed by atoms with E-state index in [1.54, 1.807) is 0 Å². The van der Waals surface area contributed by atoms with Gasteiger partial charge in [0.15, 0.2) is 0 Å². The maximum Gasteiger partial charge on any atom is 0.223 e. The van der Waals surface area contributed by atoms with E-state index < -0.39 is 0 Å². The molecule has 7 nitrogen and oxygen atoms in total. The highest BCUT2D eigenvalue weighted by Gasteiger charge is 2.52. The van der Waals surface area contributed by atoms with E-state index in [1.807, 2.05) is 43.7 Å². The molecule has 2 aromatic rings. The first-order valence-electron chi connectivity index (χ1n) is 9.30. The van der Waals surface area contributed by atoms with Crippen molar-refractivity contribution in [3.05, 3.63) is 35.0 Å². The quantitative estimate of drug-likeness (QED) is 0.841. The Morgan fingerprint density at radius 1 is 1.27 bits per heavy atom. The average Bonchev–Trinajstić information content (AvgIpc) is 3.26. The van der Waals surface area contributed by atoms with E-state index >= 15 is 0 Å². The van der Waals surface area contributed by atoms with Crippen LogP contribution >= 0.6 is 0 Å². The highest BCUT2D eigenvalue weighted by molar-refractivity contribution is 5.81. The smallest absolute Gasteiger partial charge is 0.223 e. The van der Waals surface area contributed by atoms with Crippen molar-refractivity contribution in [2.75, 3.05) is 20.1 Å². The van der Waals surface area contributed by atoms with Crippen molar-refractivity contribution >= 4 is 5.91 Å². The van der Waals surface area contributed by atoms with Gasteiger partial charge in [-0.1, -0.05) is 5.16 Å². The van der Waals surface area contributed by atoms with Crippen molar-refractivity contribution in [3.8, 4) is 0 Å². The normalized spacial score (nSPS) is 23.3. The second-order valence-corrected chi connectivity index (χ2v) is 7.84. The Balaban J connectivity index is 1.53. The summed E-state index contributed by atoms with van der Waals surface area (Å²) in [6, 6.07) is 0. The van der Waals surface area contributed by atoms with Crippen LogP contribution in [0.15, 0.2) is 16.9 Å². The summed E-state index contributed by atoms with van der Waals surface area (Å²) in [5.74, 6) is 1.39. The largest absolute Gasteiger partial charge is 0.361 e. The topological polar surface area (TPSA) is 67.4 Å². The van der Waals surface area contributed by atoms with E-state index in [-0.39, 0.29) is 17.4 Å². The molecule has 2 aromatic heterocycles. The number of likely N-dealkylation sites (tertiary alicyclic amines) is 2. The number of rotatable bonds is 3. The van der Waals surface area contributed by atoms with Gasteiger partial charge in [0.1, 0.15) is 5.76 Å². The number of amides is 1. The number of aromatic nitrogens is 3. The molecule has 0 radical (unpaired) electrons. The minimum absolute atomic E-state index is 0.0879. The van der Waals surface area contributed by atoms with E-state index in [0.29, 0.717) is 6.42 Å². The number of likely N-dealkylation sites (N-methyl/N-ethyl adjacent to an activating group) is 1. The zero-order valence-electron chi connectivity index (χ0n) is 16.0. The maximum absolute atomic E-state index is 12.5. The van der Waals surface area contributed by atoms with Crippen molar-refractivity contribution < 1.29 is 9.32 Å². The molecule has 1 amide bonds. The molecule has 2 aliphatic rings. The van der Waals surface area contributed by atoms with Crippen molar-refractivity contribution in [1.82, 2.24) is 24.7 Å². The summed E-state index contributed by atoms with van der Waals surface area (Å²) in [6.45, 7) is 6.78. The molecular weight excluding hydrogens is 330 g/mol.